The van der Waals surface area contributed by atoms with Crippen LogP contribution in [-0.2, 0) is 14.8 Å². The lowest BCUT2D eigenvalue weighted by Crippen LogP contribution is -2.42. The van der Waals surface area contributed by atoms with Gasteiger partial charge in [0, 0.05) is 11.7 Å². The van der Waals surface area contributed by atoms with Crippen molar-refractivity contribution >= 4 is 34.0 Å². The number of fused-ring (bicyclic) bond motifs is 2. The highest BCUT2D eigenvalue weighted by Gasteiger charge is 2.49. The van der Waals surface area contributed by atoms with Crippen molar-refractivity contribution in [3.63, 3.8) is 0 Å². The van der Waals surface area contributed by atoms with Gasteiger partial charge in [-0.1, -0.05) is 6.07 Å². The molecule has 0 saturated heterocycles. The molecule has 1 aromatic carbocycles. The summed E-state index contributed by atoms with van der Waals surface area (Å²) in [6.45, 7) is 0. The van der Waals surface area contributed by atoms with Crippen molar-refractivity contribution in [2.24, 2.45) is 28.6 Å². The lowest BCUT2D eigenvalue weighted by atomic mass is 9.84. The first-order chi connectivity index (χ1) is 9.86. The normalized spacial score (nSPS) is 29.9. The maximum Gasteiger partial charge on any atom is 0.238 e. The zero-order valence-electron chi connectivity index (χ0n) is 11.9. The van der Waals surface area contributed by atoms with Crippen LogP contribution >= 0.6 is 12.4 Å². The molecule has 3 rings (SSSR count). The Hall–Kier alpha value is -1.15. The third kappa shape index (κ3) is 3.12. The Kier molecular flexibility index (Phi) is 4.81. The molecule has 0 aliphatic heterocycles. The molecule has 5 N–H and O–H groups in total. The maximum atomic E-state index is 12.4. The zero-order chi connectivity index (χ0) is 15.2. The van der Waals surface area contributed by atoms with Gasteiger partial charge >= 0.3 is 0 Å². The molecule has 4 atom stereocenters. The van der Waals surface area contributed by atoms with Gasteiger partial charge in [-0.3, -0.25) is 4.79 Å². The first kappa shape index (κ1) is 17.2. The van der Waals surface area contributed by atoms with Crippen molar-refractivity contribution in [2.45, 2.75) is 30.2 Å². The Balaban J connectivity index is 0.00000176. The molecule has 0 aromatic heterocycles. The van der Waals surface area contributed by atoms with Crippen LogP contribution in [0.15, 0.2) is 29.2 Å². The standard InChI is InChI=1S/C14H19N3O3S.ClH/c15-13-9-5-4-8(6-9)12(13)14(18)17-10-2-1-3-11(7-10)21(16,19)20;/h1-3,7-9,12-13H,4-6,15H2,(H,17,18)(H2,16,19,20);1H. The molecule has 6 nitrogen and oxygen atoms in total. The van der Waals surface area contributed by atoms with E-state index in [1.54, 1.807) is 12.1 Å². The minimum atomic E-state index is -3.78. The highest BCUT2D eigenvalue weighted by molar-refractivity contribution is 7.89. The van der Waals surface area contributed by atoms with E-state index in [4.69, 9.17) is 10.9 Å². The number of halogens is 1. The Morgan fingerprint density at radius 2 is 1.91 bits per heavy atom. The van der Waals surface area contributed by atoms with E-state index in [-0.39, 0.29) is 35.2 Å². The Labute approximate surface area is 136 Å². The summed E-state index contributed by atoms with van der Waals surface area (Å²) in [5, 5.41) is 7.86. The molecule has 22 heavy (non-hydrogen) atoms. The number of amides is 1. The molecule has 1 amide bonds. The fourth-order valence-corrected chi connectivity index (χ4v) is 4.26. The highest BCUT2D eigenvalue weighted by Crippen LogP contribution is 2.47. The van der Waals surface area contributed by atoms with E-state index in [0.717, 1.165) is 19.3 Å². The smallest absolute Gasteiger partial charge is 0.238 e. The summed E-state index contributed by atoms with van der Waals surface area (Å²) in [5.41, 5.74) is 6.57. The third-order valence-electron chi connectivity index (χ3n) is 4.71. The lowest BCUT2D eigenvalue weighted by molar-refractivity contribution is -0.121. The molecule has 2 aliphatic carbocycles. The van der Waals surface area contributed by atoms with Crippen molar-refractivity contribution in [2.75, 3.05) is 5.32 Å². The van der Waals surface area contributed by atoms with Crippen LogP contribution in [0.25, 0.3) is 0 Å². The second-order valence-electron chi connectivity index (χ2n) is 6.00. The monoisotopic (exact) mass is 345 g/mol. The van der Waals surface area contributed by atoms with Gasteiger partial charge < -0.3 is 11.1 Å². The SMILES string of the molecule is Cl.NC1C2CCC(C2)C1C(=O)Nc1cccc(S(N)(=O)=O)c1. The Morgan fingerprint density at radius 1 is 1.23 bits per heavy atom. The highest BCUT2D eigenvalue weighted by atomic mass is 35.5. The summed E-state index contributed by atoms with van der Waals surface area (Å²) in [4.78, 5) is 12.4. The number of rotatable bonds is 3. The van der Waals surface area contributed by atoms with Gasteiger partial charge in [-0.05, 0) is 49.3 Å². The van der Waals surface area contributed by atoms with Crippen LogP contribution in [0.1, 0.15) is 19.3 Å². The molecule has 2 aliphatic rings. The van der Waals surface area contributed by atoms with Gasteiger partial charge in [0.1, 0.15) is 0 Å². The number of primary sulfonamides is 1. The number of benzene rings is 1. The molecule has 2 saturated carbocycles. The lowest BCUT2D eigenvalue weighted by Gasteiger charge is -2.27. The van der Waals surface area contributed by atoms with Crippen LogP contribution in [0.3, 0.4) is 0 Å². The van der Waals surface area contributed by atoms with Crippen molar-refractivity contribution in [3.05, 3.63) is 24.3 Å². The number of hydrogen-bond acceptors (Lipinski definition) is 4. The molecule has 2 fully saturated rings. The number of hydrogen-bond donors (Lipinski definition) is 3. The van der Waals surface area contributed by atoms with Crippen LogP contribution < -0.4 is 16.2 Å². The second kappa shape index (κ2) is 6.16. The fraction of sp³-hybridized carbons (Fsp3) is 0.500. The number of carbonyl (C=O) groups is 1. The predicted octanol–water partition coefficient (Wildman–Crippen LogP) is 1.07. The summed E-state index contributed by atoms with van der Waals surface area (Å²) in [6.07, 6.45) is 3.18. The minimum absolute atomic E-state index is 0. The quantitative estimate of drug-likeness (QED) is 0.759. The maximum absolute atomic E-state index is 12.4. The van der Waals surface area contributed by atoms with Crippen LogP contribution in [0.4, 0.5) is 5.69 Å². The predicted molar refractivity (Wildman–Crippen MR) is 86.0 cm³/mol. The molecular formula is C14H20ClN3O3S. The molecule has 2 bridgehead atoms. The summed E-state index contributed by atoms with van der Waals surface area (Å²) >= 11 is 0. The molecule has 8 heteroatoms. The van der Waals surface area contributed by atoms with E-state index in [1.165, 1.54) is 12.1 Å². The van der Waals surface area contributed by atoms with Crippen LogP contribution in [0.5, 0.6) is 0 Å². The average Bonchev–Trinajstić information content (AvgIpc) is 2.98. The van der Waals surface area contributed by atoms with E-state index in [2.05, 4.69) is 5.32 Å². The minimum Gasteiger partial charge on any atom is -0.327 e. The van der Waals surface area contributed by atoms with Gasteiger partial charge in [0.15, 0.2) is 0 Å². The number of nitrogens with two attached hydrogens (primary N) is 2. The topological polar surface area (TPSA) is 115 Å². The molecule has 0 spiro atoms. The van der Waals surface area contributed by atoms with E-state index in [1.807, 2.05) is 0 Å². The summed E-state index contributed by atoms with van der Waals surface area (Å²) < 4.78 is 22.7. The van der Waals surface area contributed by atoms with Gasteiger partial charge in [0.2, 0.25) is 15.9 Å². The van der Waals surface area contributed by atoms with Gasteiger partial charge in [-0.15, -0.1) is 12.4 Å². The molecule has 0 heterocycles. The molecular weight excluding hydrogens is 326 g/mol. The zero-order valence-corrected chi connectivity index (χ0v) is 13.6. The Bertz CT molecular complexity index is 678. The third-order valence-corrected chi connectivity index (χ3v) is 5.62. The van der Waals surface area contributed by atoms with Crippen molar-refractivity contribution < 1.29 is 13.2 Å². The van der Waals surface area contributed by atoms with E-state index in [9.17, 15) is 13.2 Å². The fourth-order valence-electron chi connectivity index (χ4n) is 3.70. The Morgan fingerprint density at radius 3 is 2.50 bits per heavy atom. The van der Waals surface area contributed by atoms with Crippen molar-refractivity contribution in [1.82, 2.24) is 0 Å². The summed E-state index contributed by atoms with van der Waals surface area (Å²) in [6, 6.07) is 5.87. The summed E-state index contributed by atoms with van der Waals surface area (Å²) in [7, 11) is -3.78. The van der Waals surface area contributed by atoms with Gasteiger partial charge in [0.25, 0.3) is 0 Å². The van der Waals surface area contributed by atoms with Crippen LogP contribution in [-0.4, -0.2) is 20.4 Å². The van der Waals surface area contributed by atoms with Crippen LogP contribution in [0, 0.1) is 17.8 Å². The van der Waals surface area contributed by atoms with Gasteiger partial charge in [0.05, 0.1) is 10.8 Å². The summed E-state index contributed by atoms with van der Waals surface area (Å²) in [5.74, 6) is 0.496. The molecule has 1 aromatic rings. The number of sulfonamides is 1. The molecule has 0 radical (unpaired) electrons. The second-order valence-corrected chi connectivity index (χ2v) is 7.56. The van der Waals surface area contributed by atoms with Gasteiger partial charge in [-0.25, -0.2) is 13.6 Å². The number of nitrogens with one attached hydrogen (secondary N) is 1. The average molecular weight is 346 g/mol. The number of anilines is 1. The van der Waals surface area contributed by atoms with Crippen LogP contribution in [0.2, 0.25) is 0 Å². The molecule has 4 unspecified atom stereocenters. The molecule has 122 valence electrons. The van der Waals surface area contributed by atoms with Crippen molar-refractivity contribution in [3.8, 4) is 0 Å². The first-order valence-electron chi connectivity index (χ1n) is 7.05. The van der Waals surface area contributed by atoms with E-state index < -0.39 is 10.0 Å². The first-order valence-corrected chi connectivity index (χ1v) is 8.60. The van der Waals surface area contributed by atoms with E-state index in [0.29, 0.717) is 17.5 Å². The van der Waals surface area contributed by atoms with Crippen molar-refractivity contribution in [1.29, 1.82) is 0 Å². The largest absolute Gasteiger partial charge is 0.327 e. The van der Waals surface area contributed by atoms with Gasteiger partial charge in [-0.2, -0.15) is 0 Å². The van der Waals surface area contributed by atoms with E-state index >= 15 is 0 Å². The number of carbonyl (C=O) groups excluding carboxylic acids is 1.